The van der Waals surface area contributed by atoms with E-state index in [0.29, 0.717) is 37.6 Å². The highest BCUT2D eigenvalue weighted by molar-refractivity contribution is 7.89. The van der Waals surface area contributed by atoms with E-state index in [-0.39, 0.29) is 17.5 Å². The molecule has 8 nitrogen and oxygen atoms in total. The second-order valence-electron chi connectivity index (χ2n) is 6.89. The minimum atomic E-state index is -3.67. The van der Waals surface area contributed by atoms with E-state index in [9.17, 15) is 13.2 Å². The first-order valence-electron chi connectivity index (χ1n) is 9.29. The Bertz CT molecular complexity index is 907. The number of hydrogen-bond donors (Lipinski definition) is 0. The van der Waals surface area contributed by atoms with Crippen LogP contribution in [0.15, 0.2) is 41.6 Å². The van der Waals surface area contributed by atoms with E-state index in [1.165, 1.54) is 10.5 Å². The summed E-state index contributed by atoms with van der Waals surface area (Å²) in [7, 11) is -1.91. The number of imidazole rings is 1. The van der Waals surface area contributed by atoms with Crippen LogP contribution >= 0.6 is 0 Å². The zero-order valence-electron chi connectivity index (χ0n) is 16.4. The van der Waals surface area contributed by atoms with Crippen LogP contribution in [-0.4, -0.2) is 65.4 Å². The number of nitrogens with zero attached hydrogens (tertiary/aromatic N) is 4. The molecule has 1 aromatic heterocycles. The Balaban J connectivity index is 1.65. The molecule has 1 amide bonds. The van der Waals surface area contributed by atoms with Crippen molar-refractivity contribution in [3.8, 4) is 5.75 Å². The molecule has 1 aliphatic rings. The monoisotopic (exact) mass is 406 g/mol. The Labute approximate surface area is 165 Å². The number of amides is 1. The molecule has 1 fully saturated rings. The molecule has 0 spiro atoms. The van der Waals surface area contributed by atoms with Gasteiger partial charge in [0.1, 0.15) is 11.6 Å². The lowest BCUT2D eigenvalue weighted by atomic mass is 10.3. The van der Waals surface area contributed by atoms with Gasteiger partial charge in [-0.05, 0) is 32.4 Å². The van der Waals surface area contributed by atoms with Gasteiger partial charge in [0.15, 0.2) is 11.1 Å². The van der Waals surface area contributed by atoms with Crippen LogP contribution in [0.1, 0.15) is 19.2 Å². The molecular formula is C19H26N4O4S. The second kappa shape index (κ2) is 8.32. The number of sulfonamides is 1. The van der Waals surface area contributed by atoms with Crippen LogP contribution in [0.25, 0.3) is 0 Å². The van der Waals surface area contributed by atoms with Crippen molar-refractivity contribution in [3.63, 3.8) is 0 Å². The van der Waals surface area contributed by atoms with Crippen LogP contribution in [0, 0.1) is 6.92 Å². The van der Waals surface area contributed by atoms with Crippen molar-refractivity contribution in [1.82, 2.24) is 18.8 Å². The summed E-state index contributed by atoms with van der Waals surface area (Å²) in [5, 5.41) is 0.0491. The summed E-state index contributed by atoms with van der Waals surface area (Å²) in [4.78, 5) is 18.6. The fraction of sp³-hybridized carbons (Fsp3) is 0.474. The summed E-state index contributed by atoms with van der Waals surface area (Å²) < 4.78 is 34.6. The minimum Gasteiger partial charge on any atom is -0.481 e. The molecule has 0 bridgehead atoms. The number of hydrogen-bond acceptors (Lipinski definition) is 5. The molecule has 0 N–H and O–H groups in total. The van der Waals surface area contributed by atoms with Crippen LogP contribution in [0.5, 0.6) is 5.75 Å². The van der Waals surface area contributed by atoms with Crippen LogP contribution < -0.4 is 4.74 Å². The zero-order valence-corrected chi connectivity index (χ0v) is 17.2. The first-order valence-corrected chi connectivity index (χ1v) is 10.7. The maximum Gasteiger partial charge on any atom is 0.263 e. The maximum absolute atomic E-state index is 12.9. The van der Waals surface area contributed by atoms with Gasteiger partial charge in [0.2, 0.25) is 0 Å². The first-order chi connectivity index (χ1) is 13.3. The van der Waals surface area contributed by atoms with Gasteiger partial charge in [-0.2, -0.15) is 4.31 Å². The standard InChI is InChI=1S/C19H26N4O4S/c1-15(27-17-8-5-4-6-9-17)19(24)22-10-7-11-23(13-12-22)28(25,26)18-14-21(3)16(2)20-18/h4-6,8-9,14-15H,7,10-13H2,1-3H3. The molecule has 0 saturated carbocycles. The average Bonchev–Trinajstić information content (AvgIpc) is 2.87. The third-order valence-corrected chi connectivity index (χ3v) is 6.63. The van der Waals surface area contributed by atoms with E-state index in [2.05, 4.69) is 4.98 Å². The maximum atomic E-state index is 12.9. The van der Waals surface area contributed by atoms with Crippen LogP contribution in [0.3, 0.4) is 0 Å². The normalized spacial score (nSPS) is 17.2. The molecule has 3 rings (SSSR count). The Morgan fingerprint density at radius 2 is 1.86 bits per heavy atom. The minimum absolute atomic E-state index is 0.0491. The molecule has 1 aliphatic heterocycles. The largest absolute Gasteiger partial charge is 0.481 e. The highest BCUT2D eigenvalue weighted by atomic mass is 32.2. The number of ether oxygens (including phenoxy) is 1. The van der Waals surface area contributed by atoms with Crippen LogP contribution in [0.2, 0.25) is 0 Å². The summed E-state index contributed by atoms with van der Waals surface area (Å²) in [5.74, 6) is 1.13. The van der Waals surface area contributed by atoms with Gasteiger partial charge in [0.25, 0.3) is 15.9 Å². The van der Waals surface area contributed by atoms with Crippen LogP contribution in [0.4, 0.5) is 0 Å². The molecule has 152 valence electrons. The van der Waals surface area contributed by atoms with Crippen LogP contribution in [-0.2, 0) is 21.9 Å². The topological polar surface area (TPSA) is 84.7 Å². The first kappa shape index (κ1) is 20.3. The summed E-state index contributed by atoms with van der Waals surface area (Å²) in [6.45, 7) is 4.89. The van der Waals surface area contributed by atoms with Crippen molar-refractivity contribution in [2.45, 2.75) is 31.4 Å². The van der Waals surface area contributed by atoms with Gasteiger partial charge in [0, 0.05) is 39.4 Å². The van der Waals surface area contributed by atoms with Crippen molar-refractivity contribution in [2.75, 3.05) is 26.2 Å². The lowest BCUT2D eigenvalue weighted by Gasteiger charge is -2.25. The number of para-hydroxylation sites is 1. The summed E-state index contributed by atoms with van der Waals surface area (Å²) in [6.07, 6.45) is 1.45. The van der Waals surface area contributed by atoms with E-state index in [4.69, 9.17) is 4.74 Å². The zero-order chi connectivity index (χ0) is 20.3. The smallest absolute Gasteiger partial charge is 0.263 e. The quantitative estimate of drug-likeness (QED) is 0.750. The third kappa shape index (κ3) is 4.36. The molecule has 1 atom stereocenters. The van der Waals surface area contributed by atoms with Gasteiger partial charge in [-0.25, -0.2) is 13.4 Å². The van der Waals surface area contributed by atoms with Gasteiger partial charge in [-0.3, -0.25) is 4.79 Å². The predicted molar refractivity (Wildman–Crippen MR) is 104 cm³/mol. The van der Waals surface area contributed by atoms with E-state index < -0.39 is 16.1 Å². The molecule has 1 unspecified atom stereocenters. The molecule has 1 saturated heterocycles. The van der Waals surface area contributed by atoms with Gasteiger partial charge >= 0.3 is 0 Å². The average molecular weight is 407 g/mol. The Kier molecular flexibility index (Phi) is 6.04. The second-order valence-corrected chi connectivity index (χ2v) is 8.78. The molecule has 28 heavy (non-hydrogen) atoms. The van der Waals surface area contributed by atoms with Crippen molar-refractivity contribution in [3.05, 3.63) is 42.4 Å². The number of rotatable bonds is 5. The van der Waals surface area contributed by atoms with E-state index >= 15 is 0 Å². The number of aromatic nitrogens is 2. The van der Waals surface area contributed by atoms with Crippen molar-refractivity contribution < 1.29 is 17.9 Å². The number of aryl methyl sites for hydroxylation is 2. The summed E-state index contributed by atoms with van der Waals surface area (Å²) in [6, 6.07) is 9.18. The van der Waals surface area contributed by atoms with E-state index in [1.807, 2.05) is 18.2 Å². The van der Waals surface area contributed by atoms with Gasteiger partial charge < -0.3 is 14.2 Å². The summed E-state index contributed by atoms with van der Waals surface area (Å²) in [5.41, 5.74) is 0. The fourth-order valence-corrected chi connectivity index (χ4v) is 4.64. The molecule has 2 heterocycles. The molecule has 0 aliphatic carbocycles. The van der Waals surface area contributed by atoms with Crippen molar-refractivity contribution >= 4 is 15.9 Å². The Morgan fingerprint density at radius 3 is 2.50 bits per heavy atom. The highest BCUT2D eigenvalue weighted by Crippen LogP contribution is 2.18. The summed E-state index contributed by atoms with van der Waals surface area (Å²) >= 11 is 0. The number of carbonyl (C=O) groups excluding carboxylic acids is 1. The molecule has 9 heteroatoms. The molecular weight excluding hydrogens is 380 g/mol. The van der Waals surface area contributed by atoms with E-state index in [0.717, 1.165) is 0 Å². The third-order valence-electron chi connectivity index (χ3n) is 4.86. The van der Waals surface area contributed by atoms with Gasteiger partial charge in [0.05, 0.1) is 0 Å². The Hall–Kier alpha value is -2.39. The molecule has 2 aromatic rings. The number of carbonyl (C=O) groups is 1. The molecule has 0 radical (unpaired) electrons. The lowest BCUT2D eigenvalue weighted by Crippen LogP contribution is -2.43. The lowest BCUT2D eigenvalue weighted by molar-refractivity contribution is -0.137. The van der Waals surface area contributed by atoms with E-state index in [1.54, 1.807) is 42.5 Å². The molecule has 1 aromatic carbocycles. The highest BCUT2D eigenvalue weighted by Gasteiger charge is 2.31. The predicted octanol–water partition coefficient (Wildman–Crippen LogP) is 1.42. The SMILES string of the molecule is Cc1nc(S(=O)(=O)N2CCCN(C(=O)C(C)Oc3ccccc3)CC2)cn1C. The van der Waals surface area contributed by atoms with Crippen molar-refractivity contribution in [1.29, 1.82) is 0 Å². The Morgan fingerprint density at radius 1 is 1.14 bits per heavy atom. The fourth-order valence-electron chi connectivity index (χ4n) is 3.15. The van der Waals surface area contributed by atoms with Crippen molar-refractivity contribution in [2.24, 2.45) is 7.05 Å². The van der Waals surface area contributed by atoms with Gasteiger partial charge in [-0.1, -0.05) is 18.2 Å². The van der Waals surface area contributed by atoms with Gasteiger partial charge in [-0.15, -0.1) is 0 Å². The number of benzene rings is 1.